The van der Waals surface area contributed by atoms with Crippen LogP contribution >= 0.6 is 34.5 Å². The molecule has 7 heteroatoms. The zero-order valence-electron chi connectivity index (χ0n) is 10.6. The van der Waals surface area contributed by atoms with Crippen molar-refractivity contribution in [1.29, 1.82) is 0 Å². The Morgan fingerprint density at radius 1 is 1.40 bits per heavy atom. The molecule has 0 spiro atoms. The molecule has 2 aromatic rings. The SMILES string of the molecule is CC(NCc1ccccc1[N+](=O)[O-])c1cc(Cl)sc1Cl. The molecule has 1 heterocycles. The van der Waals surface area contributed by atoms with Crippen molar-refractivity contribution in [1.82, 2.24) is 5.32 Å². The van der Waals surface area contributed by atoms with Gasteiger partial charge in [0.15, 0.2) is 0 Å². The molecule has 4 nitrogen and oxygen atoms in total. The average Bonchev–Trinajstić information content (AvgIpc) is 2.75. The van der Waals surface area contributed by atoms with Crippen LogP contribution in [0.4, 0.5) is 5.69 Å². The van der Waals surface area contributed by atoms with Crippen molar-refractivity contribution in [2.24, 2.45) is 0 Å². The van der Waals surface area contributed by atoms with Gasteiger partial charge >= 0.3 is 0 Å². The Labute approximate surface area is 130 Å². The lowest BCUT2D eigenvalue weighted by Crippen LogP contribution is -2.18. The van der Waals surface area contributed by atoms with E-state index in [1.165, 1.54) is 17.4 Å². The standard InChI is InChI=1S/C13H12Cl2N2O2S/c1-8(10-6-12(14)20-13(10)15)16-7-9-4-2-3-5-11(9)17(18)19/h2-6,8,16H,7H2,1H3. The molecule has 20 heavy (non-hydrogen) atoms. The number of nitrogens with one attached hydrogen (secondary N) is 1. The molecule has 0 bridgehead atoms. The number of benzene rings is 1. The van der Waals surface area contributed by atoms with Crippen molar-refractivity contribution in [3.63, 3.8) is 0 Å². The molecule has 0 aliphatic rings. The lowest BCUT2D eigenvalue weighted by molar-refractivity contribution is -0.385. The third kappa shape index (κ3) is 3.49. The number of halogens is 2. The van der Waals surface area contributed by atoms with E-state index in [-0.39, 0.29) is 16.7 Å². The molecule has 1 aromatic heterocycles. The van der Waals surface area contributed by atoms with Gasteiger partial charge in [0.2, 0.25) is 0 Å². The normalized spacial score (nSPS) is 12.3. The summed E-state index contributed by atoms with van der Waals surface area (Å²) in [5, 5.41) is 14.2. The van der Waals surface area contributed by atoms with Gasteiger partial charge in [-0.1, -0.05) is 41.4 Å². The second-order valence-electron chi connectivity index (χ2n) is 4.27. The fraction of sp³-hybridized carbons (Fsp3) is 0.231. The number of nitrogens with zero attached hydrogens (tertiary/aromatic N) is 1. The van der Waals surface area contributed by atoms with Gasteiger partial charge in [0, 0.05) is 24.2 Å². The predicted octanol–water partition coefficient (Wildman–Crippen LogP) is 4.81. The molecular weight excluding hydrogens is 319 g/mol. The molecule has 0 radical (unpaired) electrons. The van der Waals surface area contributed by atoms with Crippen molar-refractivity contribution in [2.75, 3.05) is 0 Å². The minimum absolute atomic E-state index is 0.0361. The van der Waals surface area contributed by atoms with E-state index in [0.717, 1.165) is 5.56 Å². The molecule has 0 saturated heterocycles. The van der Waals surface area contributed by atoms with E-state index in [9.17, 15) is 10.1 Å². The second-order valence-corrected chi connectivity index (χ2v) is 6.55. The molecule has 2 rings (SSSR count). The van der Waals surface area contributed by atoms with Crippen molar-refractivity contribution >= 4 is 40.2 Å². The molecule has 0 fully saturated rings. The minimum atomic E-state index is -0.379. The minimum Gasteiger partial charge on any atom is -0.306 e. The first-order valence-electron chi connectivity index (χ1n) is 5.89. The maximum absolute atomic E-state index is 10.9. The van der Waals surface area contributed by atoms with Gasteiger partial charge in [-0.2, -0.15) is 0 Å². The van der Waals surface area contributed by atoms with Crippen molar-refractivity contribution in [2.45, 2.75) is 19.5 Å². The number of para-hydroxylation sites is 1. The number of thiophene rings is 1. The van der Waals surface area contributed by atoms with Crippen LogP contribution in [0.15, 0.2) is 30.3 Å². The van der Waals surface area contributed by atoms with Crippen LogP contribution in [0.25, 0.3) is 0 Å². The number of hydrogen-bond donors (Lipinski definition) is 1. The molecule has 0 aliphatic heterocycles. The summed E-state index contributed by atoms with van der Waals surface area (Å²) in [6.07, 6.45) is 0. The summed E-state index contributed by atoms with van der Waals surface area (Å²) >= 11 is 13.3. The van der Waals surface area contributed by atoms with Gasteiger partial charge in [0.1, 0.15) is 0 Å². The molecule has 1 atom stereocenters. The van der Waals surface area contributed by atoms with E-state index in [0.29, 0.717) is 20.8 Å². The van der Waals surface area contributed by atoms with Crippen LogP contribution in [0.1, 0.15) is 24.1 Å². The smallest absolute Gasteiger partial charge is 0.273 e. The van der Waals surface area contributed by atoms with Crippen LogP contribution in [0, 0.1) is 10.1 Å². The van der Waals surface area contributed by atoms with Crippen molar-refractivity contribution in [3.05, 3.63) is 60.2 Å². The Morgan fingerprint density at radius 2 is 2.10 bits per heavy atom. The van der Waals surface area contributed by atoms with E-state index < -0.39 is 0 Å². The quantitative estimate of drug-likeness (QED) is 0.632. The van der Waals surface area contributed by atoms with E-state index in [4.69, 9.17) is 23.2 Å². The van der Waals surface area contributed by atoms with Gasteiger partial charge in [-0.25, -0.2) is 0 Å². The highest BCUT2D eigenvalue weighted by atomic mass is 35.5. The van der Waals surface area contributed by atoms with Crippen molar-refractivity contribution < 1.29 is 4.92 Å². The van der Waals surface area contributed by atoms with Gasteiger partial charge in [-0.05, 0) is 18.6 Å². The maximum atomic E-state index is 10.9. The highest BCUT2D eigenvalue weighted by Crippen LogP contribution is 2.35. The summed E-state index contributed by atoms with van der Waals surface area (Å²) in [6.45, 7) is 2.33. The van der Waals surface area contributed by atoms with E-state index >= 15 is 0 Å². The molecule has 0 saturated carbocycles. The van der Waals surface area contributed by atoms with Crippen LogP contribution in [0.2, 0.25) is 8.67 Å². The number of rotatable bonds is 5. The summed E-state index contributed by atoms with van der Waals surface area (Å²) < 4.78 is 1.27. The highest BCUT2D eigenvalue weighted by Gasteiger charge is 2.16. The van der Waals surface area contributed by atoms with Crippen LogP contribution in [0.5, 0.6) is 0 Å². The summed E-state index contributed by atoms with van der Waals surface area (Å²) in [7, 11) is 0. The van der Waals surface area contributed by atoms with Crippen LogP contribution in [0.3, 0.4) is 0 Å². The highest BCUT2D eigenvalue weighted by molar-refractivity contribution is 7.20. The van der Waals surface area contributed by atoms with Gasteiger partial charge in [0.25, 0.3) is 5.69 Å². The van der Waals surface area contributed by atoms with Gasteiger partial charge < -0.3 is 5.32 Å². The molecule has 1 N–H and O–H groups in total. The van der Waals surface area contributed by atoms with Crippen LogP contribution < -0.4 is 5.32 Å². The van der Waals surface area contributed by atoms with E-state index in [1.807, 2.05) is 13.0 Å². The third-order valence-corrected chi connectivity index (χ3v) is 4.45. The first kappa shape index (κ1) is 15.3. The van der Waals surface area contributed by atoms with Crippen molar-refractivity contribution in [3.8, 4) is 0 Å². The van der Waals surface area contributed by atoms with Crippen LogP contribution in [-0.4, -0.2) is 4.92 Å². The maximum Gasteiger partial charge on any atom is 0.273 e. The Morgan fingerprint density at radius 3 is 2.70 bits per heavy atom. The Hall–Kier alpha value is -1.14. The van der Waals surface area contributed by atoms with Gasteiger partial charge in [0.05, 0.1) is 13.6 Å². The molecule has 0 amide bonds. The summed E-state index contributed by atoms with van der Waals surface area (Å²) in [4.78, 5) is 10.6. The Balaban J connectivity index is 2.09. The number of hydrogen-bond acceptors (Lipinski definition) is 4. The number of nitro benzene ring substituents is 1. The van der Waals surface area contributed by atoms with E-state index in [1.54, 1.807) is 18.2 Å². The first-order valence-corrected chi connectivity index (χ1v) is 7.46. The summed E-state index contributed by atoms with van der Waals surface area (Å²) in [5.74, 6) is 0. The zero-order chi connectivity index (χ0) is 14.7. The molecule has 106 valence electrons. The molecule has 1 aromatic carbocycles. The van der Waals surface area contributed by atoms with Gasteiger partial charge in [-0.3, -0.25) is 10.1 Å². The zero-order valence-corrected chi connectivity index (χ0v) is 12.9. The fourth-order valence-electron chi connectivity index (χ4n) is 1.86. The lowest BCUT2D eigenvalue weighted by Gasteiger charge is -2.13. The van der Waals surface area contributed by atoms with E-state index in [2.05, 4.69) is 5.32 Å². The molecular formula is C13H12Cl2N2O2S. The average molecular weight is 331 g/mol. The Bertz CT molecular complexity index is 631. The topological polar surface area (TPSA) is 55.2 Å². The lowest BCUT2D eigenvalue weighted by atomic mass is 10.1. The monoisotopic (exact) mass is 330 g/mol. The fourth-order valence-corrected chi connectivity index (χ4v) is 3.51. The molecule has 1 unspecified atom stereocenters. The molecule has 0 aliphatic carbocycles. The number of nitro groups is 1. The Kier molecular flexibility index (Phi) is 4.99. The summed E-state index contributed by atoms with van der Waals surface area (Å²) in [5.41, 5.74) is 1.66. The third-order valence-electron chi connectivity index (χ3n) is 2.94. The van der Waals surface area contributed by atoms with Crippen LogP contribution in [-0.2, 0) is 6.54 Å². The van der Waals surface area contributed by atoms with Gasteiger partial charge in [-0.15, -0.1) is 11.3 Å². The summed E-state index contributed by atoms with van der Waals surface area (Å²) in [6, 6.07) is 8.44. The second kappa shape index (κ2) is 6.54. The first-order chi connectivity index (χ1) is 9.49. The predicted molar refractivity (Wildman–Crippen MR) is 82.7 cm³/mol. The largest absolute Gasteiger partial charge is 0.306 e.